The van der Waals surface area contributed by atoms with Gasteiger partial charge >= 0.3 is 17.9 Å². The molecule has 3 rings (SSSR count). The topological polar surface area (TPSA) is 115 Å². The Hall–Kier alpha value is -3.08. The zero-order valence-electron chi connectivity index (χ0n) is 14.6. The number of fused-ring (bicyclic) bond motifs is 4. The van der Waals surface area contributed by atoms with Crippen molar-refractivity contribution < 1.29 is 28.6 Å². The van der Waals surface area contributed by atoms with Crippen LogP contribution in [-0.4, -0.2) is 37.2 Å². The Morgan fingerprint density at radius 3 is 2.42 bits per heavy atom. The number of nitriles is 1. The average Bonchev–Trinajstić information content (AvgIpc) is 2.77. The lowest BCUT2D eigenvalue weighted by molar-refractivity contribution is -0.187. The monoisotopic (exact) mass is 358 g/mol. The molecule has 0 spiro atoms. The molecule has 0 radical (unpaired) electrons. The van der Waals surface area contributed by atoms with Gasteiger partial charge in [0.2, 0.25) is 5.41 Å². The third-order valence-corrected chi connectivity index (χ3v) is 4.88. The van der Waals surface area contributed by atoms with E-state index in [-0.39, 0.29) is 13.2 Å². The standard InChI is InChI=1S/C18H18N2O6/c1-4-24-15(22)18(16(23)25-5-2)13-14(21)26-17(18,3)11-8-10(9-19)6-7-12(11)20-13/h6-8,13,20H,4-5H2,1-3H3/t13-,17-/m1/s1. The first-order chi connectivity index (χ1) is 12.4. The van der Waals surface area contributed by atoms with Crippen molar-refractivity contribution in [3.05, 3.63) is 29.3 Å². The van der Waals surface area contributed by atoms with Gasteiger partial charge in [-0.05, 0) is 39.0 Å². The Bertz CT molecular complexity index is 825. The molecular weight excluding hydrogens is 340 g/mol. The van der Waals surface area contributed by atoms with Gasteiger partial charge in [0.15, 0.2) is 11.6 Å². The Morgan fingerprint density at radius 2 is 1.88 bits per heavy atom. The first-order valence-corrected chi connectivity index (χ1v) is 8.25. The van der Waals surface area contributed by atoms with Gasteiger partial charge in [0.05, 0.1) is 24.8 Å². The zero-order chi connectivity index (χ0) is 19.1. The van der Waals surface area contributed by atoms with Crippen LogP contribution in [-0.2, 0) is 34.2 Å². The van der Waals surface area contributed by atoms with Gasteiger partial charge in [-0.3, -0.25) is 9.59 Å². The SMILES string of the molecule is CCOC(=O)C1(C(=O)OCC)[C@@H]2Nc3ccc(C#N)cc3[C@@]1(C)OC2=O. The van der Waals surface area contributed by atoms with Gasteiger partial charge in [-0.15, -0.1) is 0 Å². The summed E-state index contributed by atoms with van der Waals surface area (Å²) in [6, 6.07) is 5.39. The lowest BCUT2D eigenvalue weighted by atomic mass is 9.63. The molecule has 1 saturated heterocycles. The lowest BCUT2D eigenvalue weighted by Crippen LogP contribution is -2.63. The molecule has 1 aromatic rings. The van der Waals surface area contributed by atoms with Crippen LogP contribution in [0.2, 0.25) is 0 Å². The van der Waals surface area contributed by atoms with E-state index in [1.165, 1.54) is 13.0 Å². The number of nitrogens with zero attached hydrogens (tertiary/aromatic N) is 1. The molecule has 136 valence electrons. The van der Waals surface area contributed by atoms with E-state index >= 15 is 0 Å². The van der Waals surface area contributed by atoms with Gasteiger partial charge in [-0.25, -0.2) is 4.79 Å². The molecule has 1 aromatic carbocycles. The largest absolute Gasteiger partial charge is 0.465 e. The third kappa shape index (κ3) is 2.03. The Balaban J connectivity index is 2.30. The molecule has 26 heavy (non-hydrogen) atoms. The smallest absolute Gasteiger partial charge is 0.331 e. The minimum absolute atomic E-state index is 0.0159. The van der Waals surface area contributed by atoms with Gasteiger partial charge in [0.1, 0.15) is 0 Å². The maximum Gasteiger partial charge on any atom is 0.331 e. The minimum Gasteiger partial charge on any atom is -0.465 e. The lowest BCUT2D eigenvalue weighted by Gasteiger charge is -2.43. The maximum atomic E-state index is 13.0. The Kier molecular flexibility index (Phi) is 4.11. The molecule has 1 N–H and O–H groups in total. The number of carbonyl (C=O) groups excluding carboxylic acids is 3. The van der Waals surface area contributed by atoms with E-state index in [4.69, 9.17) is 14.2 Å². The van der Waals surface area contributed by atoms with Crippen molar-refractivity contribution in [3.63, 3.8) is 0 Å². The summed E-state index contributed by atoms with van der Waals surface area (Å²) in [6.07, 6.45) is 0. The number of rotatable bonds is 4. The van der Waals surface area contributed by atoms with Gasteiger partial charge in [-0.1, -0.05) is 0 Å². The molecule has 2 aliphatic heterocycles. The van der Waals surface area contributed by atoms with E-state index in [0.29, 0.717) is 16.8 Å². The van der Waals surface area contributed by atoms with Crippen LogP contribution in [0.5, 0.6) is 0 Å². The van der Waals surface area contributed by atoms with Crippen molar-refractivity contribution in [3.8, 4) is 6.07 Å². The second-order valence-corrected chi connectivity index (χ2v) is 6.15. The average molecular weight is 358 g/mol. The fourth-order valence-electron chi connectivity index (χ4n) is 3.72. The molecule has 2 bridgehead atoms. The highest BCUT2D eigenvalue weighted by Gasteiger charge is 2.78. The van der Waals surface area contributed by atoms with Crippen molar-refractivity contribution >= 4 is 23.6 Å². The molecule has 0 aromatic heterocycles. The van der Waals surface area contributed by atoms with E-state index in [2.05, 4.69) is 5.32 Å². The molecule has 1 fully saturated rings. The highest BCUT2D eigenvalue weighted by atomic mass is 16.6. The summed E-state index contributed by atoms with van der Waals surface area (Å²) in [5.41, 5.74) is -2.56. The normalized spacial score (nSPS) is 24.5. The molecular formula is C18H18N2O6. The molecule has 2 aliphatic rings. The number of carbonyl (C=O) groups is 3. The molecule has 0 aliphatic carbocycles. The molecule has 2 atom stereocenters. The second-order valence-electron chi connectivity index (χ2n) is 6.15. The Morgan fingerprint density at radius 1 is 1.27 bits per heavy atom. The molecule has 0 unspecified atom stereocenters. The van der Waals surface area contributed by atoms with Crippen LogP contribution < -0.4 is 5.32 Å². The predicted octanol–water partition coefficient (Wildman–Crippen LogP) is 1.24. The van der Waals surface area contributed by atoms with E-state index in [1.807, 2.05) is 6.07 Å². The van der Waals surface area contributed by atoms with E-state index in [9.17, 15) is 19.6 Å². The van der Waals surface area contributed by atoms with Crippen LogP contribution in [0.4, 0.5) is 5.69 Å². The summed E-state index contributed by atoms with van der Waals surface area (Å²) in [6.45, 7) is 4.70. The van der Waals surface area contributed by atoms with Gasteiger partial charge in [-0.2, -0.15) is 5.26 Å². The third-order valence-electron chi connectivity index (χ3n) is 4.88. The maximum absolute atomic E-state index is 13.0. The molecule has 0 amide bonds. The highest BCUT2D eigenvalue weighted by Crippen LogP contribution is 2.58. The number of benzene rings is 1. The molecule has 0 saturated carbocycles. The van der Waals surface area contributed by atoms with Crippen molar-refractivity contribution in [2.24, 2.45) is 5.41 Å². The fourth-order valence-corrected chi connectivity index (χ4v) is 3.72. The zero-order valence-corrected chi connectivity index (χ0v) is 14.6. The number of hydrogen-bond donors (Lipinski definition) is 1. The second kappa shape index (κ2) is 6.02. The minimum atomic E-state index is -2.04. The van der Waals surface area contributed by atoms with Crippen molar-refractivity contribution in [1.82, 2.24) is 0 Å². The first-order valence-electron chi connectivity index (χ1n) is 8.25. The van der Waals surface area contributed by atoms with Crippen molar-refractivity contribution in [2.45, 2.75) is 32.4 Å². The highest BCUT2D eigenvalue weighted by molar-refractivity contribution is 6.11. The van der Waals surface area contributed by atoms with E-state index in [0.717, 1.165) is 0 Å². The van der Waals surface area contributed by atoms with Gasteiger partial charge < -0.3 is 19.5 Å². The summed E-state index contributed by atoms with van der Waals surface area (Å²) in [5, 5.41) is 12.1. The quantitative estimate of drug-likeness (QED) is 0.486. The number of hydrogen-bond acceptors (Lipinski definition) is 8. The number of anilines is 1. The summed E-state index contributed by atoms with van der Waals surface area (Å²) >= 11 is 0. The van der Waals surface area contributed by atoms with Crippen LogP contribution in [0.1, 0.15) is 31.9 Å². The van der Waals surface area contributed by atoms with Crippen molar-refractivity contribution in [2.75, 3.05) is 18.5 Å². The molecule has 2 heterocycles. The first kappa shape index (κ1) is 17.7. The summed E-state index contributed by atoms with van der Waals surface area (Å²) < 4.78 is 15.8. The van der Waals surface area contributed by atoms with Gasteiger partial charge in [0, 0.05) is 11.3 Å². The summed E-state index contributed by atoms with van der Waals surface area (Å²) in [7, 11) is 0. The van der Waals surface area contributed by atoms with Crippen LogP contribution in [0.15, 0.2) is 18.2 Å². The molecule has 8 nitrogen and oxygen atoms in total. The number of esters is 3. The van der Waals surface area contributed by atoms with Crippen molar-refractivity contribution in [1.29, 1.82) is 5.26 Å². The number of nitrogens with one attached hydrogen (secondary N) is 1. The van der Waals surface area contributed by atoms with E-state index in [1.54, 1.807) is 26.0 Å². The Labute approximate surface area is 150 Å². The number of ether oxygens (including phenoxy) is 3. The van der Waals surface area contributed by atoms with Crippen LogP contribution >= 0.6 is 0 Å². The van der Waals surface area contributed by atoms with Crippen LogP contribution in [0.3, 0.4) is 0 Å². The summed E-state index contributed by atoms with van der Waals surface area (Å²) in [4.78, 5) is 38.5. The predicted molar refractivity (Wildman–Crippen MR) is 87.7 cm³/mol. The van der Waals surface area contributed by atoms with E-state index < -0.39 is 35.0 Å². The molecule has 8 heteroatoms. The fraction of sp³-hybridized carbons (Fsp3) is 0.444. The van der Waals surface area contributed by atoms with Gasteiger partial charge in [0.25, 0.3) is 0 Å². The van der Waals surface area contributed by atoms with Crippen LogP contribution in [0, 0.1) is 16.7 Å². The summed E-state index contributed by atoms with van der Waals surface area (Å²) in [5.74, 6) is -2.57. The van der Waals surface area contributed by atoms with Crippen LogP contribution in [0.25, 0.3) is 0 Å².